The predicted octanol–water partition coefficient (Wildman–Crippen LogP) is 4.03. The number of hydrogen-bond donors (Lipinski definition) is 1. The minimum atomic E-state index is -0.266. The summed E-state index contributed by atoms with van der Waals surface area (Å²) in [5.41, 5.74) is 2.81. The molecule has 0 bridgehead atoms. The van der Waals surface area contributed by atoms with Crippen LogP contribution in [-0.4, -0.2) is 103 Å². The maximum Gasteiger partial charge on any atom is 0.256 e. The third kappa shape index (κ3) is 8.33. The van der Waals surface area contributed by atoms with Crippen molar-refractivity contribution >= 4 is 11.6 Å². The Bertz CT molecular complexity index is 1670. The number of hydrogen-bond acceptors (Lipinski definition) is 13. The lowest BCUT2D eigenvalue weighted by Crippen LogP contribution is -2.45. The average Bonchev–Trinajstić information content (AvgIpc) is 3.82. The van der Waals surface area contributed by atoms with Crippen LogP contribution >= 0.6 is 0 Å². The van der Waals surface area contributed by atoms with E-state index in [1.165, 1.54) is 6.33 Å². The number of nitrogens with zero attached hydrogens (tertiary/aromatic N) is 10. The molecule has 7 rings (SSSR count). The molecule has 49 heavy (non-hydrogen) atoms. The van der Waals surface area contributed by atoms with Crippen molar-refractivity contribution < 1.29 is 18.9 Å². The fourth-order valence-electron chi connectivity index (χ4n) is 6.83. The van der Waals surface area contributed by atoms with E-state index in [9.17, 15) is 5.26 Å². The molecular formula is C34H43N11O4. The van der Waals surface area contributed by atoms with E-state index in [0.717, 1.165) is 94.9 Å². The number of tetrazole rings is 1. The van der Waals surface area contributed by atoms with Crippen molar-refractivity contribution in [3.63, 3.8) is 0 Å². The Balaban J connectivity index is 1.04. The number of nitriles is 1. The number of morpholine rings is 1. The molecule has 2 aliphatic heterocycles. The van der Waals surface area contributed by atoms with Crippen LogP contribution in [-0.2, 0) is 16.0 Å². The Hall–Kier alpha value is -4.65. The van der Waals surface area contributed by atoms with Crippen molar-refractivity contribution in [3.05, 3.63) is 48.7 Å². The Morgan fingerprint density at radius 2 is 1.73 bits per heavy atom. The first kappa shape index (κ1) is 32.9. The van der Waals surface area contributed by atoms with Gasteiger partial charge in [0.2, 0.25) is 5.95 Å². The van der Waals surface area contributed by atoms with Gasteiger partial charge >= 0.3 is 0 Å². The molecule has 0 spiro atoms. The van der Waals surface area contributed by atoms with Crippen LogP contribution in [0.3, 0.4) is 0 Å². The Kier molecular flexibility index (Phi) is 10.5. The number of rotatable bonds is 12. The standard InChI is InChI=1S/C34H43N11O4/c1-24(20-44-23-38-41-42-44)49-32-16-26(2-3-27(32)17-35)28-18-36-34(37-19-28)39-31-21-45(40-33(31)48-22-25-8-12-46-13-9-25)30-6-4-29(5-7-30)43-10-14-47-15-11-43/h2-3,16,18-19,21,23-25,29-30H,4-15,20,22H2,1H3,(H,36,37,39). The summed E-state index contributed by atoms with van der Waals surface area (Å²) in [5, 5.41) is 29.2. The summed E-state index contributed by atoms with van der Waals surface area (Å²) < 4.78 is 27.2. The first-order valence-corrected chi connectivity index (χ1v) is 17.2. The summed E-state index contributed by atoms with van der Waals surface area (Å²) in [6.45, 7) is 8.19. The highest BCUT2D eigenvalue weighted by atomic mass is 16.5. The average molecular weight is 670 g/mol. The van der Waals surface area contributed by atoms with Gasteiger partial charge in [-0.3, -0.25) is 9.58 Å². The van der Waals surface area contributed by atoms with Gasteiger partial charge in [-0.15, -0.1) is 10.2 Å². The van der Waals surface area contributed by atoms with Gasteiger partial charge in [0.1, 0.15) is 29.9 Å². The molecule has 3 aliphatic rings. The molecule has 5 heterocycles. The normalized spacial score (nSPS) is 21.1. The summed E-state index contributed by atoms with van der Waals surface area (Å²) in [6.07, 6.45) is 13.2. The van der Waals surface area contributed by atoms with E-state index in [4.69, 9.17) is 24.0 Å². The molecule has 1 saturated carbocycles. The fraction of sp³-hybridized carbons (Fsp3) is 0.559. The van der Waals surface area contributed by atoms with Gasteiger partial charge in [-0.1, -0.05) is 6.07 Å². The second kappa shape index (κ2) is 15.7. The summed E-state index contributed by atoms with van der Waals surface area (Å²) in [7, 11) is 0. The molecule has 2 saturated heterocycles. The van der Waals surface area contributed by atoms with Crippen molar-refractivity contribution in [1.82, 2.24) is 44.9 Å². The third-order valence-corrected chi connectivity index (χ3v) is 9.59. The van der Waals surface area contributed by atoms with Gasteiger partial charge in [-0.25, -0.2) is 14.6 Å². The number of nitrogens with one attached hydrogen (secondary N) is 1. The summed E-state index contributed by atoms with van der Waals surface area (Å²) in [4.78, 5) is 11.8. The van der Waals surface area contributed by atoms with Gasteiger partial charge < -0.3 is 24.3 Å². The number of aromatic nitrogens is 8. The Morgan fingerprint density at radius 1 is 0.980 bits per heavy atom. The van der Waals surface area contributed by atoms with E-state index in [-0.39, 0.29) is 6.10 Å². The number of benzene rings is 1. The topological polar surface area (TPSA) is 163 Å². The van der Waals surface area contributed by atoms with Gasteiger partial charge in [-0.05, 0) is 79.5 Å². The van der Waals surface area contributed by atoms with Crippen molar-refractivity contribution in [2.45, 2.75) is 70.2 Å². The lowest BCUT2D eigenvalue weighted by Gasteiger charge is -2.38. The molecule has 15 nitrogen and oxygen atoms in total. The number of anilines is 2. The van der Waals surface area contributed by atoms with Gasteiger partial charge in [0, 0.05) is 50.3 Å². The van der Waals surface area contributed by atoms with Crippen LogP contribution in [0.2, 0.25) is 0 Å². The van der Waals surface area contributed by atoms with Crippen molar-refractivity contribution in [3.8, 4) is 28.8 Å². The fourth-order valence-corrected chi connectivity index (χ4v) is 6.83. The van der Waals surface area contributed by atoms with E-state index in [2.05, 4.69) is 46.5 Å². The first-order valence-electron chi connectivity index (χ1n) is 17.2. The summed E-state index contributed by atoms with van der Waals surface area (Å²) in [5.74, 6) is 1.92. The molecule has 258 valence electrons. The lowest BCUT2D eigenvalue weighted by atomic mass is 9.90. The zero-order chi connectivity index (χ0) is 33.4. The van der Waals surface area contributed by atoms with Crippen LogP contribution in [0, 0.1) is 17.2 Å². The van der Waals surface area contributed by atoms with E-state index in [1.807, 2.05) is 25.3 Å². The van der Waals surface area contributed by atoms with E-state index >= 15 is 0 Å². The van der Waals surface area contributed by atoms with E-state index < -0.39 is 0 Å². The molecule has 3 fully saturated rings. The Labute approximate surface area is 285 Å². The second-order valence-corrected chi connectivity index (χ2v) is 13.0. The molecule has 0 radical (unpaired) electrons. The van der Waals surface area contributed by atoms with Crippen LogP contribution < -0.4 is 14.8 Å². The minimum absolute atomic E-state index is 0.266. The van der Waals surface area contributed by atoms with Gasteiger partial charge in [0.15, 0.2) is 0 Å². The maximum atomic E-state index is 9.68. The number of ether oxygens (including phenoxy) is 4. The molecule has 4 aromatic rings. The van der Waals surface area contributed by atoms with Crippen molar-refractivity contribution in [2.24, 2.45) is 5.92 Å². The van der Waals surface area contributed by atoms with E-state index in [1.54, 1.807) is 23.1 Å². The van der Waals surface area contributed by atoms with Crippen LogP contribution in [0.25, 0.3) is 11.1 Å². The molecular weight excluding hydrogens is 626 g/mol. The highest BCUT2D eigenvalue weighted by molar-refractivity contribution is 5.67. The van der Waals surface area contributed by atoms with Crippen LogP contribution in [0.1, 0.15) is 57.1 Å². The van der Waals surface area contributed by atoms with Crippen LogP contribution in [0.15, 0.2) is 43.1 Å². The molecule has 1 N–H and O–H groups in total. The maximum absolute atomic E-state index is 9.68. The Morgan fingerprint density at radius 3 is 2.47 bits per heavy atom. The van der Waals surface area contributed by atoms with Crippen LogP contribution in [0.5, 0.6) is 11.6 Å². The smallest absolute Gasteiger partial charge is 0.256 e. The molecule has 1 atom stereocenters. The largest absolute Gasteiger partial charge is 0.487 e. The SMILES string of the molecule is CC(Cn1cnnn1)Oc1cc(-c2cnc(Nc3cn(C4CCC(N5CCOCC5)CC4)nc3OCC3CCOCC3)nc2)ccc1C#N. The van der Waals surface area contributed by atoms with Crippen molar-refractivity contribution in [1.29, 1.82) is 5.26 Å². The highest BCUT2D eigenvalue weighted by Gasteiger charge is 2.29. The molecule has 1 aromatic carbocycles. The minimum Gasteiger partial charge on any atom is -0.487 e. The predicted molar refractivity (Wildman–Crippen MR) is 178 cm³/mol. The lowest BCUT2D eigenvalue weighted by molar-refractivity contribution is 0.00501. The van der Waals surface area contributed by atoms with E-state index in [0.29, 0.717) is 54.3 Å². The molecule has 15 heteroatoms. The quantitative estimate of drug-likeness (QED) is 0.230. The highest BCUT2D eigenvalue weighted by Crippen LogP contribution is 2.35. The van der Waals surface area contributed by atoms with Gasteiger partial charge in [0.25, 0.3) is 5.88 Å². The van der Waals surface area contributed by atoms with Crippen molar-refractivity contribution in [2.75, 3.05) is 51.4 Å². The van der Waals surface area contributed by atoms with Crippen LogP contribution in [0.4, 0.5) is 11.6 Å². The monoisotopic (exact) mass is 669 g/mol. The zero-order valence-corrected chi connectivity index (χ0v) is 27.9. The molecule has 0 amide bonds. The summed E-state index contributed by atoms with van der Waals surface area (Å²) in [6, 6.07) is 8.57. The molecule has 1 aliphatic carbocycles. The third-order valence-electron chi connectivity index (χ3n) is 9.59. The summed E-state index contributed by atoms with van der Waals surface area (Å²) >= 11 is 0. The zero-order valence-electron chi connectivity index (χ0n) is 27.9. The molecule has 1 unspecified atom stereocenters. The van der Waals surface area contributed by atoms with Gasteiger partial charge in [0.05, 0.1) is 44.2 Å². The molecule has 3 aromatic heterocycles. The van der Waals surface area contributed by atoms with Gasteiger partial charge in [-0.2, -0.15) is 5.26 Å². The first-order chi connectivity index (χ1) is 24.1. The second-order valence-electron chi connectivity index (χ2n) is 13.0.